The molecule has 2 aromatic carbocycles. The molecule has 1 unspecified atom stereocenters. The van der Waals surface area contributed by atoms with Crippen LogP contribution in [0.25, 0.3) is 11.6 Å². The van der Waals surface area contributed by atoms with E-state index in [1.54, 1.807) is 0 Å². The van der Waals surface area contributed by atoms with Crippen molar-refractivity contribution in [1.29, 1.82) is 0 Å². The summed E-state index contributed by atoms with van der Waals surface area (Å²) in [5.41, 5.74) is 4.10. The number of rotatable bonds is 6. The van der Waals surface area contributed by atoms with Crippen molar-refractivity contribution in [3.05, 3.63) is 83.4 Å². The third-order valence-electron chi connectivity index (χ3n) is 6.49. The van der Waals surface area contributed by atoms with Gasteiger partial charge in [-0.05, 0) is 47.7 Å². The van der Waals surface area contributed by atoms with Gasteiger partial charge in [-0.3, -0.25) is 4.79 Å². The third kappa shape index (κ3) is 5.08. The first-order valence-corrected chi connectivity index (χ1v) is 13.8. The standard InChI is InChI=1S/C27H34O2Si/c1-27(2,3)30(4,5)29-20-12-16-21-15-9-10-17-23(21)25-19-11-18-24(26(25)28)22-13-7-6-8-14-22/h6-10,12-18,25H,11,19-20H2,1-5H3/b16-12+. The first kappa shape index (κ1) is 22.5. The van der Waals surface area contributed by atoms with Gasteiger partial charge in [0, 0.05) is 11.5 Å². The summed E-state index contributed by atoms with van der Waals surface area (Å²) in [5.74, 6) is 0.137. The molecule has 0 amide bonds. The topological polar surface area (TPSA) is 26.3 Å². The molecule has 1 atom stereocenters. The van der Waals surface area contributed by atoms with E-state index in [2.05, 4.69) is 64.2 Å². The van der Waals surface area contributed by atoms with Gasteiger partial charge in [-0.2, -0.15) is 0 Å². The molecule has 1 aliphatic carbocycles. The minimum absolute atomic E-state index is 0.0904. The molecule has 0 bridgehead atoms. The molecule has 0 saturated carbocycles. The minimum Gasteiger partial charge on any atom is -0.413 e. The molecular weight excluding hydrogens is 384 g/mol. The molecule has 30 heavy (non-hydrogen) atoms. The molecule has 1 aliphatic rings. The Kier molecular flexibility index (Phi) is 6.94. The van der Waals surface area contributed by atoms with Gasteiger partial charge in [0.05, 0.1) is 6.61 Å². The number of allylic oxidation sites excluding steroid dienone is 2. The number of carbonyl (C=O) groups is 1. The van der Waals surface area contributed by atoms with Crippen LogP contribution in [0.1, 0.15) is 56.2 Å². The van der Waals surface area contributed by atoms with Gasteiger partial charge in [-0.15, -0.1) is 0 Å². The molecule has 0 aliphatic heterocycles. The Morgan fingerprint density at radius 3 is 2.40 bits per heavy atom. The highest BCUT2D eigenvalue weighted by Crippen LogP contribution is 2.37. The monoisotopic (exact) mass is 418 g/mol. The zero-order valence-electron chi connectivity index (χ0n) is 18.9. The molecular formula is C27H34O2Si. The second-order valence-electron chi connectivity index (χ2n) is 9.58. The number of Topliss-reactive ketones (excluding diaryl/α,β-unsaturated/α-hetero) is 1. The van der Waals surface area contributed by atoms with Crippen molar-refractivity contribution in [3.8, 4) is 0 Å². The molecule has 0 N–H and O–H groups in total. The number of ketones is 1. The summed E-state index contributed by atoms with van der Waals surface area (Å²) in [6.45, 7) is 11.9. The molecule has 3 rings (SSSR count). The summed E-state index contributed by atoms with van der Waals surface area (Å²) < 4.78 is 6.27. The van der Waals surface area contributed by atoms with Crippen molar-refractivity contribution in [2.24, 2.45) is 0 Å². The second-order valence-corrected chi connectivity index (χ2v) is 14.4. The van der Waals surface area contributed by atoms with Crippen LogP contribution in [0.2, 0.25) is 18.1 Å². The van der Waals surface area contributed by atoms with Gasteiger partial charge >= 0.3 is 0 Å². The summed E-state index contributed by atoms with van der Waals surface area (Å²) in [4.78, 5) is 13.3. The van der Waals surface area contributed by atoms with Crippen molar-refractivity contribution < 1.29 is 9.22 Å². The van der Waals surface area contributed by atoms with E-state index in [9.17, 15) is 4.79 Å². The molecule has 0 heterocycles. The highest BCUT2D eigenvalue weighted by molar-refractivity contribution is 6.74. The van der Waals surface area contributed by atoms with Crippen molar-refractivity contribution >= 4 is 25.7 Å². The van der Waals surface area contributed by atoms with E-state index in [1.807, 2.05) is 42.5 Å². The lowest BCUT2D eigenvalue weighted by atomic mass is 9.79. The third-order valence-corrected chi connectivity index (χ3v) is 11.0. The average Bonchev–Trinajstić information content (AvgIpc) is 2.72. The molecule has 0 spiro atoms. The fourth-order valence-electron chi connectivity index (χ4n) is 3.62. The largest absolute Gasteiger partial charge is 0.413 e. The molecule has 0 radical (unpaired) electrons. The smallest absolute Gasteiger partial charge is 0.192 e. The zero-order valence-corrected chi connectivity index (χ0v) is 19.9. The molecule has 2 nitrogen and oxygen atoms in total. The summed E-state index contributed by atoms with van der Waals surface area (Å²) in [6, 6.07) is 18.3. The molecule has 0 aromatic heterocycles. The van der Waals surface area contributed by atoms with E-state index in [-0.39, 0.29) is 16.7 Å². The van der Waals surface area contributed by atoms with E-state index in [0.29, 0.717) is 6.61 Å². The van der Waals surface area contributed by atoms with Gasteiger partial charge in [-0.1, -0.05) is 93.6 Å². The van der Waals surface area contributed by atoms with Gasteiger partial charge in [-0.25, -0.2) is 0 Å². The van der Waals surface area contributed by atoms with E-state index >= 15 is 0 Å². The van der Waals surface area contributed by atoms with Crippen LogP contribution in [0.5, 0.6) is 0 Å². The van der Waals surface area contributed by atoms with Crippen LogP contribution >= 0.6 is 0 Å². The van der Waals surface area contributed by atoms with Crippen molar-refractivity contribution in [3.63, 3.8) is 0 Å². The Balaban J connectivity index is 1.77. The minimum atomic E-state index is -1.76. The zero-order chi connectivity index (χ0) is 21.8. The number of carbonyl (C=O) groups excluding carboxylic acids is 1. The predicted octanol–water partition coefficient (Wildman–Crippen LogP) is 7.25. The van der Waals surface area contributed by atoms with Gasteiger partial charge in [0.2, 0.25) is 0 Å². The van der Waals surface area contributed by atoms with Gasteiger partial charge in [0.15, 0.2) is 14.1 Å². The van der Waals surface area contributed by atoms with Crippen molar-refractivity contribution in [1.82, 2.24) is 0 Å². The number of benzene rings is 2. The van der Waals surface area contributed by atoms with Crippen LogP contribution in [0.15, 0.2) is 66.7 Å². The van der Waals surface area contributed by atoms with Crippen LogP contribution in [-0.2, 0) is 9.22 Å². The Hall–Kier alpha value is -2.23. The normalized spacial score (nSPS) is 18.0. The fraction of sp³-hybridized carbons (Fsp3) is 0.370. The van der Waals surface area contributed by atoms with Gasteiger partial charge in [0.25, 0.3) is 0 Å². The highest BCUT2D eigenvalue weighted by Gasteiger charge is 2.36. The maximum absolute atomic E-state index is 13.3. The predicted molar refractivity (Wildman–Crippen MR) is 130 cm³/mol. The SMILES string of the molecule is CC(C)(C)[Si](C)(C)OC/C=C/c1ccccc1C1CCC=C(c2ccccc2)C1=O. The fourth-order valence-corrected chi connectivity index (χ4v) is 4.56. The maximum Gasteiger partial charge on any atom is 0.192 e. The van der Waals surface area contributed by atoms with Crippen LogP contribution in [0.4, 0.5) is 0 Å². The van der Waals surface area contributed by atoms with E-state index in [1.165, 1.54) is 0 Å². The Bertz CT molecular complexity index is 933. The van der Waals surface area contributed by atoms with Crippen molar-refractivity contribution in [2.45, 2.75) is 57.7 Å². The molecule has 3 heteroatoms. The quantitative estimate of drug-likeness (QED) is 0.462. The summed E-state index contributed by atoms with van der Waals surface area (Å²) in [5, 5.41) is 0.202. The van der Waals surface area contributed by atoms with Crippen LogP contribution in [-0.4, -0.2) is 20.7 Å². The lowest BCUT2D eigenvalue weighted by molar-refractivity contribution is -0.115. The Morgan fingerprint density at radius 1 is 1.03 bits per heavy atom. The lowest BCUT2D eigenvalue weighted by Crippen LogP contribution is -2.40. The Labute approximate surface area is 182 Å². The molecule has 2 aromatic rings. The second kappa shape index (κ2) is 9.28. The Morgan fingerprint density at radius 2 is 1.70 bits per heavy atom. The van der Waals surface area contributed by atoms with Gasteiger partial charge < -0.3 is 4.43 Å². The molecule has 158 valence electrons. The average molecular weight is 419 g/mol. The first-order valence-electron chi connectivity index (χ1n) is 10.9. The van der Waals surface area contributed by atoms with Gasteiger partial charge in [0.1, 0.15) is 0 Å². The summed E-state index contributed by atoms with van der Waals surface area (Å²) in [6.07, 6.45) is 8.10. The summed E-state index contributed by atoms with van der Waals surface area (Å²) >= 11 is 0. The number of hydrogen-bond acceptors (Lipinski definition) is 2. The summed E-state index contributed by atoms with van der Waals surface area (Å²) in [7, 11) is -1.76. The van der Waals surface area contributed by atoms with E-state index < -0.39 is 8.32 Å². The lowest BCUT2D eigenvalue weighted by Gasteiger charge is -2.35. The van der Waals surface area contributed by atoms with Crippen LogP contribution in [0, 0.1) is 0 Å². The maximum atomic E-state index is 13.3. The molecule has 0 fully saturated rings. The highest BCUT2D eigenvalue weighted by atomic mass is 28.4. The molecule has 0 saturated heterocycles. The van der Waals surface area contributed by atoms with E-state index in [4.69, 9.17) is 4.43 Å². The van der Waals surface area contributed by atoms with Crippen molar-refractivity contribution in [2.75, 3.05) is 6.61 Å². The first-order chi connectivity index (χ1) is 14.2. The van der Waals surface area contributed by atoms with Crippen LogP contribution in [0.3, 0.4) is 0 Å². The van der Waals surface area contributed by atoms with E-state index in [0.717, 1.165) is 35.1 Å². The number of hydrogen-bond donors (Lipinski definition) is 0. The van der Waals surface area contributed by atoms with Crippen LogP contribution < -0.4 is 0 Å².